The first-order chi connectivity index (χ1) is 7.44. The van der Waals surface area contributed by atoms with Gasteiger partial charge in [0.05, 0.1) is 6.61 Å². The molecule has 94 valence electrons. The van der Waals surface area contributed by atoms with E-state index in [4.69, 9.17) is 5.11 Å². The third-order valence-electron chi connectivity index (χ3n) is 2.78. The molecular weight excluding hydrogens is 223 g/mol. The Morgan fingerprint density at radius 3 is 2.31 bits per heavy atom. The summed E-state index contributed by atoms with van der Waals surface area (Å²) in [6, 6.07) is -0.123. The van der Waals surface area contributed by atoms with Gasteiger partial charge in [-0.3, -0.25) is 4.79 Å². The molecule has 6 heteroatoms. The van der Waals surface area contributed by atoms with E-state index in [1.807, 2.05) is 0 Å². The fourth-order valence-corrected chi connectivity index (χ4v) is 2.11. The van der Waals surface area contributed by atoms with E-state index in [2.05, 4.69) is 0 Å². The number of carbonyl (C=O) groups excluding carboxylic acids is 1. The van der Waals surface area contributed by atoms with Crippen molar-refractivity contribution in [3.63, 3.8) is 0 Å². The van der Waals surface area contributed by atoms with Gasteiger partial charge in [-0.05, 0) is 12.8 Å². The Hall–Kier alpha value is -0.780. The van der Waals surface area contributed by atoms with Gasteiger partial charge in [0.2, 0.25) is 5.91 Å². The lowest BCUT2D eigenvalue weighted by Gasteiger charge is -2.28. The highest BCUT2D eigenvalue weighted by molar-refractivity contribution is 5.77. The number of alkyl halides is 3. The van der Waals surface area contributed by atoms with Gasteiger partial charge in [-0.1, -0.05) is 12.8 Å². The van der Waals surface area contributed by atoms with Crippen LogP contribution in [0.25, 0.3) is 0 Å². The van der Waals surface area contributed by atoms with Crippen LogP contribution in [-0.4, -0.2) is 41.3 Å². The van der Waals surface area contributed by atoms with Gasteiger partial charge >= 0.3 is 6.18 Å². The fraction of sp³-hybridized carbons (Fsp3) is 0.900. The van der Waals surface area contributed by atoms with Crippen LogP contribution in [0, 0.1) is 0 Å². The normalized spacial score (nSPS) is 17.8. The molecule has 1 rings (SSSR count). The first-order valence-corrected chi connectivity index (χ1v) is 5.41. The lowest BCUT2D eigenvalue weighted by molar-refractivity contribution is -0.163. The molecule has 0 aromatic rings. The summed E-state index contributed by atoms with van der Waals surface area (Å²) in [5, 5.41) is 8.77. The maximum Gasteiger partial charge on any atom is 0.397 e. The van der Waals surface area contributed by atoms with Crippen LogP contribution in [-0.2, 0) is 4.79 Å². The lowest BCUT2D eigenvalue weighted by atomic mass is 10.2. The molecule has 0 heterocycles. The quantitative estimate of drug-likeness (QED) is 0.811. The largest absolute Gasteiger partial charge is 0.397 e. The van der Waals surface area contributed by atoms with Gasteiger partial charge in [0.1, 0.15) is 6.42 Å². The molecule has 0 spiro atoms. The van der Waals surface area contributed by atoms with Crippen LogP contribution >= 0.6 is 0 Å². The second kappa shape index (κ2) is 5.52. The third kappa shape index (κ3) is 4.00. The smallest absolute Gasteiger partial charge is 0.395 e. The summed E-state index contributed by atoms with van der Waals surface area (Å²) in [5.41, 5.74) is 0. The molecule has 0 radical (unpaired) electrons. The van der Waals surface area contributed by atoms with Crippen LogP contribution in [0.15, 0.2) is 0 Å². The van der Waals surface area contributed by atoms with Crippen LogP contribution in [0.4, 0.5) is 13.2 Å². The minimum atomic E-state index is -4.47. The van der Waals surface area contributed by atoms with Gasteiger partial charge in [-0.25, -0.2) is 0 Å². The van der Waals surface area contributed by atoms with Crippen LogP contribution in [0.2, 0.25) is 0 Å². The minimum absolute atomic E-state index is 0.000417. The number of hydrogen-bond acceptors (Lipinski definition) is 2. The number of rotatable bonds is 4. The van der Waals surface area contributed by atoms with Crippen molar-refractivity contribution < 1.29 is 23.1 Å². The number of carbonyl (C=O) groups is 1. The van der Waals surface area contributed by atoms with Crippen molar-refractivity contribution >= 4 is 5.91 Å². The Balaban J connectivity index is 2.57. The molecule has 1 saturated carbocycles. The summed E-state index contributed by atoms with van der Waals surface area (Å²) in [6.45, 7) is -0.292. The fourth-order valence-electron chi connectivity index (χ4n) is 2.11. The van der Waals surface area contributed by atoms with Gasteiger partial charge in [-0.2, -0.15) is 13.2 Å². The lowest BCUT2D eigenvalue weighted by Crippen LogP contribution is -2.42. The Bertz CT molecular complexity index is 237. The van der Waals surface area contributed by atoms with Crippen molar-refractivity contribution in [2.24, 2.45) is 0 Å². The number of nitrogens with zero attached hydrogens (tertiary/aromatic N) is 1. The first-order valence-electron chi connectivity index (χ1n) is 5.41. The van der Waals surface area contributed by atoms with Gasteiger partial charge in [0.25, 0.3) is 0 Å². The SMILES string of the molecule is O=C(CC(F)(F)F)N(CCO)C1CCCC1. The number of hydrogen-bond donors (Lipinski definition) is 1. The molecule has 0 aliphatic heterocycles. The zero-order valence-electron chi connectivity index (χ0n) is 8.96. The van der Waals surface area contributed by atoms with E-state index in [-0.39, 0.29) is 19.2 Å². The van der Waals surface area contributed by atoms with Crippen molar-refractivity contribution in [2.45, 2.75) is 44.3 Å². The molecule has 0 atom stereocenters. The number of halogens is 3. The first kappa shape index (κ1) is 13.3. The zero-order chi connectivity index (χ0) is 12.2. The van der Waals surface area contributed by atoms with Crippen molar-refractivity contribution in [1.29, 1.82) is 0 Å². The van der Waals surface area contributed by atoms with Crippen molar-refractivity contribution in [3.8, 4) is 0 Å². The van der Waals surface area contributed by atoms with Crippen LogP contribution < -0.4 is 0 Å². The van der Waals surface area contributed by atoms with Gasteiger partial charge in [-0.15, -0.1) is 0 Å². The predicted molar refractivity (Wildman–Crippen MR) is 51.7 cm³/mol. The number of amides is 1. The third-order valence-corrected chi connectivity index (χ3v) is 2.78. The van der Waals surface area contributed by atoms with E-state index in [9.17, 15) is 18.0 Å². The van der Waals surface area contributed by atoms with Crippen LogP contribution in [0.1, 0.15) is 32.1 Å². The molecule has 1 aliphatic rings. The van der Waals surface area contributed by atoms with E-state index in [1.54, 1.807) is 0 Å². The Kier molecular flexibility index (Phi) is 4.58. The summed E-state index contributed by atoms with van der Waals surface area (Å²) < 4.78 is 36.3. The van der Waals surface area contributed by atoms with Gasteiger partial charge in [0.15, 0.2) is 0 Å². The molecule has 0 unspecified atom stereocenters. The van der Waals surface area contributed by atoms with Gasteiger partial charge in [0, 0.05) is 12.6 Å². The molecule has 1 aliphatic carbocycles. The Morgan fingerprint density at radius 2 is 1.88 bits per heavy atom. The maximum atomic E-state index is 12.1. The average Bonchev–Trinajstić information content (AvgIpc) is 2.63. The van der Waals surface area contributed by atoms with Gasteiger partial charge < -0.3 is 10.0 Å². The summed E-state index contributed by atoms with van der Waals surface area (Å²) in [7, 11) is 0. The van der Waals surface area contributed by atoms with Crippen molar-refractivity contribution in [1.82, 2.24) is 4.90 Å². The molecule has 16 heavy (non-hydrogen) atoms. The minimum Gasteiger partial charge on any atom is -0.395 e. The molecule has 1 amide bonds. The Labute approximate surface area is 92.2 Å². The molecule has 1 fully saturated rings. The molecule has 0 saturated heterocycles. The second-order valence-corrected chi connectivity index (χ2v) is 4.04. The molecule has 0 bridgehead atoms. The molecule has 3 nitrogen and oxygen atoms in total. The highest BCUT2D eigenvalue weighted by atomic mass is 19.4. The number of aliphatic hydroxyl groups excluding tert-OH is 1. The topological polar surface area (TPSA) is 40.5 Å². The van der Waals surface area contributed by atoms with E-state index < -0.39 is 18.5 Å². The summed E-state index contributed by atoms with van der Waals surface area (Å²) in [6.07, 6.45) is -2.54. The zero-order valence-corrected chi connectivity index (χ0v) is 8.96. The van der Waals surface area contributed by atoms with Crippen molar-refractivity contribution in [2.75, 3.05) is 13.2 Å². The Morgan fingerprint density at radius 1 is 1.31 bits per heavy atom. The molecular formula is C10H16F3NO2. The monoisotopic (exact) mass is 239 g/mol. The highest BCUT2D eigenvalue weighted by Gasteiger charge is 2.36. The number of aliphatic hydroxyl groups is 1. The maximum absolute atomic E-state index is 12.1. The molecule has 0 aromatic carbocycles. The average molecular weight is 239 g/mol. The standard InChI is InChI=1S/C10H16F3NO2/c11-10(12,13)7-9(16)14(5-6-15)8-3-1-2-4-8/h8,15H,1-7H2. The van der Waals surface area contributed by atoms with E-state index in [0.29, 0.717) is 0 Å². The summed E-state index contributed by atoms with van der Waals surface area (Å²) in [4.78, 5) is 12.6. The predicted octanol–water partition coefficient (Wildman–Crippen LogP) is 1.70. The van der Waals surface area contributed by atoms with E-state index in [0.717, 1.165) is 25.7 Å². The van der Waals surface area contributed by atoms with Crippen molar-refractivity contribution in [3.05, 3.63) is 0 Å². The van der Waals surface area contributed by atoms with E-state index >= 15 is 0 Å². The summed E-state index contributed by atoms with van der Waals surface area (Å²) in [5.74, 6) is -0.923. The second-order valence-electron chi connectivity index (χ2n) is 4.04. The van der Waals surface area contributed by atoms with E-state index in [1.165, 1.54) is 4.90 Å². The van der Waals surface area contributed by atoms with Crippen LogP contribution in [0.5, 0.6) is 0 Å². The molecule has 1 N–H and O–H groups in total. The van der Waals surface area contributed by atoms with Crippen LogP contribution in [0.3, 0.4) is 0 Å². The highest BCUT2D eigenvalue weighted by Crippen LogP contribution is 2.26. The summed E-state index contributed by atoms with van der Waals surface area (Å²) >= 11 is 0. The molecule has 0 aromatic heterocycles.